The molecule has 44 heavy (non-hydrogen) atoms. The number of ether oxygens (including phenoxy) is 2. The van der Waals surface area contributed by atoms with Gasteiger partial charge in [0.05, 0.1) is 11.4 Å². The molecule has 0 fully saturated rings. The molecule has 4 aromatic rings. The van der Waals surface area contributed by atoms with Crippen LogP contribution in [0.15, 0.2) is 121 Å². The van der Waals surface area contributed by atoms with E-state index in [4.69, 9.17) is 9.47 Å². The Kier molecular flexibility index (Phi) is 7.41. The summed E-state index contributed by atoms with van der Waals surface area (Å²) in [6.07, 6.45) is 5.84. The van der Waals surface area contributed by atoms with Crippen molar-refractivity contribution in [2.75, 3.05) is 9.80 Å². The summed E-state index contributed by atoms with van der Waals surface area (Å²) in [7, 11) is 0. The second-order valence-corrected chi connectivity index (χ2v) is 10.6. The Bertz CT molecular complexity index is 1670. The Morgan fingerprint density at radius 3 is 1.23 bits per heavy atom. The van der Waals surface area contributed by atoms with Gasteiger partial charge in [-0.2, -0.15) is 0 Å². The summed E-state index contributed by atoms with van der Waals surface area (Å²) in [6.45, 7) is 4.32. The van der Waals surface area contributed by atoms with Gasteiger partial charge in [0.15, 0.2) is 0 Å². The summed E-state index contributed by atoms with van der Waals surface area (Å²) in [5, 5.41) is 0. The first-order valence-corrected chi connectivity index (χ1v) is 14.1. The topological polar surface area (TPSA) is 93.2 Å². The van der Waals surface area contributed by atoms with Gasteiger partial charge in [0.2, 0.25) is 0 Å². The molecule has 2 heterocycles. The molecule has 0 atom stereocenters. The molecular formula is C36H28N2O6. The second kappa shape index (κ2) is 11.5. The second-order valence-electron chi connectivity index (χ2n) is 10.6. The molecule has 0 saturated heterocycles. The van der Waals surface area contributed by atoms with Crippen molar-refractivity contribution >= 4 is 35.0 Å². The Morgan fingerprint density at radius 1 is 0.523 bits per heavy atom. The summed E-state index contributed by atoms with van der Waals surface area (Å²) < 4.78 is 12.1. The molecule has 6 rings (SSSR count). The lowest BCUT2D eigenvalue weighted by molar-refractivity contribution is -0.121. The smallest absolute Gasteiger partial charge is 0.258 e. The van der Waals surface area contributed by atoms with E-state index >= 15 is 0 Å². The first-order chi connectivity index (χ1) is 21.2. The third-order valence-electron chi connectivity index (χ3n) is 7.93. The van der Waals surface area contributed by atoms with Crippen LogP contribution in [0.1, 0.15) is 31.4 Å². The van der Waals surface area contributed by atoms with Crippen LogP contribution < -0.4 is 19.3 Å². The number of carbonyl (C=O) groups is 4. The standard InChI is InChI=1S/C36H28N2O6/c1-3-36(2,24-10-14-28(15-11-24)43-30-8-4-6-26(22-30)37-32(39)18-19-33(37)40)25-12-16-29(17-13-25)44-31-9-5-7-27(23-31)38-34(41)20-21-35(38)42/h4-23H,3H2,1-2H3. The average molecular weight is 585 g/mol. The molecule has 0 aromatic heterocycles. The fraction of sp³-hybridized carbons (Fsp3) is 0.111. The minimum Gasteiger partial charge on any atom is -0.457 e. The van der Waals surface area contributed by atoms with Gasteiger partial charge in [0, 0.05) is 41.9 Å². The van der Waals surface area contributed by atoms with Crippen molar-refractivity contribution in [1.29, 1.82) is 0 Å². The normalized spacial score (nSPS) is 14.6. The van der Waals surface area contributed by atoms with Crippen molar-refractivity contribution < 1.29 is 28.7 Å². The largest absolute Gasteiger partial charge is 0.457 e. The molecule has 218 valence electrons. The predicted molar refractivity (Wildman–Crippen MR) is 166 cm³/mol. The maximum Gasteiger partial charge on any atom is 0.258 e. The number of amides is 4. The van der Waals surface area contributed by atoms with Gasteiger partial charge < -0.3 is 9.47 Å². The van der Waals surface area contributed by atoms with Gasteiger partial charge >= 0.3 is 0 Å². The Morgan fingerprint density at radius 2 is 0.886 bits per heavy atom. The maximum absolute atomic E-state index is 12.1. The third-order valence-corrected chi connectivity index (χ3v) is 7.93. The van der Waals surface area contributed by atoms with E-state index in [0.717, 1.165) is 27.3 Å². The van der Waals surface area contributed by atoms with Gasteiger partial charge in [-0.25, -0.2) is 9.80 Å². The molecule has 0 N–H and O–H groups in total. The van der Waals surface area contributed by atoms with Crippen LogP contribution in [0.25, 0.3) is 0 Å². The van der Waals surface area contributed by atoms with Gasteiger partial charge in [-0.15, -0.1) is 0 Å². The monoisotopic (exact) mass is 584 g/mol. The van der Waals surface area contributed by atoms with Gasteiger partial charge in [-0.05, 0) is 66.1 Å². The van der Waals surface area contributed by atoms with E-state index in [-0.39, 0.29) is 29.0 Å². The van der Waals surface area contributed by atoms with E-state index in [2.05, 4.69) is 13.8 Å². The van der Waals surface area contributed by atoms with Crippen molar-refractivity contribution in [1.82, 2.24) is 0 Å². The van der Waals surface area contributed by atoms with Crippen molar-refractivity contribution in [3.63, 3.8) is 0 Å². The first-order valence-electron chi connectivity index (χ1n) is 14.1. The average Bonchev–Trinajstić information content (AvgIpc) is 3.56. The van der Waals surface area contributed by atoms with Crippen molar-refractivity contribution in [2.45, 2.75) is 25.7 Å². The van der Waals surface area contributed by atoms with Crippen LogP contribution in [0.5, 0.6) is 23.0 Å². The number of benzene rings is 4. The highest BCUT2D eigenvalue weighted by Crippen LogP contribution is 2.38. The van der Waals surface area contributed by atoms with Gasteiger partial charge in [-0.3, -0.25) is 19.2 Å². The number of imide groups is 2. The molecule has 8 nitrogen and oxygen atoms in total. The molecule has 0 unspecified atom stereocenters. The summed E-state index contributed by atoms with van der Waals surface area (Å²) in [6, 6.07) is 29.5. The van der Waals surface area contributed by atoms with Crippen LogP contribution in [0.2, 0.25) is 0 Å². The number of nitrogens with zero attached hydrogens (tertiary/aromatic N) is 2. The van der Waals surface area contributed by atoms with Crippen molar-refractivity contribution in [3.8, 4) is 23.0 Å². The molecule has 4 aromatic carbocycles. The van der Waals surface area contributed by atoms with E-state index in [1.165, 1.54) is 24.3 Å². The molecule has 0 aliphatic carbocycles. The third kappa shape index (κ3) is 5.41. The molecule has 0 radical (unpaired) electrons. The van der Waals surface area contributed by atoms with Crippen molar-refractivity contribution in [2.24, 2.45) is 0 Å². The zero-order valence-electron chi connectivity index (χ0n) is 24.1. The quantitative estimate of drug-likeness (QED) is 0.200. The van der Waals surface area contributed by atoms with Gasteiger partial charge in [0.25, 0.3) is 23.6 Å². The maximum atomic E-state index is 12.1. The van der Waals surface area contributed by atoms with Gasteiger partial charge in [0.1, 0.15) is 23.0 Å². The SMILES string of the molecule is CCC(C)(c1ccc(Oc2cccc(N3C(=O)C=CC3=O)c2)cc1)c1ccc(Oc2cccc(N3C(=O)C=CC3=O)c2)cc1. The van der Waals surface area contributed by atoms with Crippen LogP contribution in [-0.4, -0.2) is 23.6 Å². The van der Waals surface area contributed by atoms with Crippen LogP contribution >= 0.6 is 0 Å². The van der Waals surface area contributed by atoms with E-state index in [1.807, 2.05) is 48.5 Å². The zero-order valence-corrected chi connectivity index (χ0v) is 24.1. The minimum absolute atomic E-state index is 0.288. The lowest BCUT2D eigenvalue weighted by atomic mass is 9.74. The zero-order chi connectivity index (χ0) is 30.8. The number of hydrogen-bond acceptors (Lipinski definition) is 6. The van der Waals surface area contributed by atoms with Crippen LogP contribution in [-0.2, 0) is 24.6 Å². The highest BCUT2D eigenvalue weighted by molar-refractivity contribution is 6.28. The Labute approximate surface area is 254 Å². The van der Waals surface area contributed by atoms with E-state index < -0.39 is 0 Å². The lowest BCUT2D eigenvalue weighted by Gasteiger charge is -2.30. The molecule has 4 amide bonds. The van der Waals surface area contributed by atoms with Crippen LogP contribution in [0, 0.1) is 0 Å². The molecule has 0 spiro atoms. The van der Waals surface area contributed by atoms with Crippen LogP contribution in [0.3, 0.4) is 0 Å². The van der Waals surface area contributed by atoms with E-state index in [9.17, 15) is 19.2 Å². The number of rotatable bonds is 9. The summed E-state index contributed by atoms with van der Waals surface area (Å²) in [4.78, 5) is 50.4. The van der Waals surface area contributed by atoms with Crippen LogP contribution in [0.4, 0.5) is 11.4 Å². The Hall–Kier alpha value is -5.76. The molecular weight excluding hydrogens is 556 g/mol. The van der Waals surface area contributed by atoms with Crippen molar-refractivity contribution in [3.05, 3.63) is 132 Å². The van der Waals surface area contributed by atoms with Gasteiger partial charge in [-0.1, -0.05) is 50.2 Å². The fourth-order valence-electron chi connectivity index (χ4n) is 5.31. The molecule has 0 bridgehead atoms. The highest BCUT2D eigenvalue weighted by Gasteiger charge is 2.28. The minimum atomic E-state index is -0.380. The highest BCUT2D eigenvalue weighted by atomic mass is 16.5. The molecule has 2 aliphatic heterocycles. The fourth-order valence-corrected chi connectivity index (χ4v) is 5.31. The molecule has 8 heteroatoms. The molecule has 0 saturated carbocycles. The number of carbonyl (C=O) groups excluding carboxylic acids is 4. The lowest BCUT2D eigenvalue weighted by Crippen LogP contribution is -2.29. The predicted octanol–water partition coefficient (Wildman–Crippen LogP) is 6.85. The van der Waals surface area contributed by atoms with E-state index in [1.54, 1.807) is 48.5 Å². The summed E-state index contributed by atoms with van der Waals surface area (Å²) >= 11 is 0. The molecule has 2 aliphatic rings. The number of anilines is 2. The van der Waals surface area contributed by atoms with E-state index in [0.29, 0.717) is 34.4 Å². The first kappa shape index (κ1) is 28.4. The summed E-state index contributed by atoms with van der Waals surface area (Å²) in [5.74, 6) is 0.755. The summed E-state index contributed by atoms with van der Waals surface area (Å²) in [5.41, 5.74) is 2.83. The number of hydrogen-bond donors (Lipinski definition) is 0. The Balaban J connectivity index is 1.15.